The minimum Gasteiger partial charge on any atom is -0.335 e. The van der Waals surface area contributed by atoms with Crippen LogP contribution in [0.5, 0.6) is 0 Å². The molecule has 0 spiro atoms. The summed E-state index contributed by atoms with van der Waals surface area (Å²) in [5.74, 6) is 0.550. The van der Waals surface area contributed by atoms with Gasteiger partial charge in [0, 0.05) is 25.0 Å². The van der Waals surface area contributed by atoms with Gasteiger partial charge in [-0.3, -0.25) is 4.79 Å². The van der Waals surface area contributed by atoms with Gasteiger partial charge in [0.05, 0.1) is 0 Å². The van der Waals surface area contributed by atoms with E-state index in [2.05, 4.69) is 26.0 Å². The Bertz CT molecular complexity index is 412. The number of carbonyl (C=O) groups is 1. The molecule has 1 aliphatic carbocycles. The number of rotatable bonds is 6. The standard InChI is InChI=1S/C16H24N2O/c1-12(2)15(17)10-16(19)18(14-8-9-14)11-13-6-4-3-5-7-13/h3-7,12,14-15H,8-11,17H2,1-2H3. The molecular formula is C16H24N2O. The molecule has 1 aliphatic rings. The zero-order valence-corrected chi connectivity index (χ0v) is 11.9. The van der Waals surface area contributed by atoms with Crippen molar-refractivity contribution in [2.75, 3.05) is 0 Å². The monoisotopic (exact) mass is 260 g/mol. The van der Waals surface area contributed by atoms with E-state index in [9.17, 15) is 4.79 Å². The number of benzene rings is 1. The highest BCUT2D eigenvalue weighted by Gasteiger charge is 2.33. The topological polar surface area (TPSA) is 46.3 Å². The van der Waals surface area contributed by atoms with Crippen molar-refractivity contribution in [3.63, 3.8) is 0 Å². The van der Waals surface area contributed by atoms with E-state index in [1.54, 1.807) is 0 Å². The molecule has 0 bridgehead atoms. The van der Waals surface area contributed by atoms with Gasteiger partial charge in [-0.15, -0.1) is 0 Å². The summed E-state index contributed by atoms with van der Waals surface area (Å²) in [5, 5.41) is 0. The first kappa shape index (κ1) is 14.1. The fraction of sp³-hybridized carbons (Fsp3) is 0.562. The van der Waals surface area contributed by atoms with Gasteiger partial charge in [-0.25, -0.2) is 0 Å². The molecular weight excluding hydrogens is 236 g/mol. The quantitative estimate of drug-likeness (QED) is 0.854. The maximum atomic E-state index is 12.4. The normalized spacial score (nSPS) is 16.4. The summed E-state index contributed by atoms with van der Waals surface area (Å²) < 4.78 is 0. The van der Waals surface area contributed by atoms with Crippen LogP contribution in [0.2, 0.25) is 0 Å². The molecule has 0 aromatic heterocycles. The van der Waals surface area contributed by atoms with E-state index in [1.165, 1.54) is 5.56 Å². The third kappa shape index (κ3) is 4.06. The van der Waals surface area contributed by atoms with E-state index in [4.69, 9.17) is 5.73 Å². The van der Waals surface area contributed by atoms with E-state index in [0.717, 1.165) is 19.4 Å². The molecule has 0 aliphatic heterocycles. The van der Waals surface area contributed by atoms with Gasteiger partial charge >= 0.3 is 0 Å². The molecule has 0 saturated heterocycles. The van der Waals surface area contributed by atoms with E-state index in [1.807, 2.05) is 23.1 Å². The van der Waals surface area contributed by atoms with Crippen molar-refractivity contribution < 1.29 is 4.79 Å². The fourth-order valence-corrected chi connectivity index (χ4v) is 2.14. The molecule has 1 aromatic carbocycles. The van der Waals surface area contributed by atoms with Gasteiger partial charge in [-0.1, -0.05) is 44.2 Å². The minimum atomic E-state index is -0.0375. The van der Waals surface area contributed by atoms with Gasteiger partial charge in [0.15, 0.2) is 0 Å². The van der Waals surface area contributed by atoms with E-state index < -0.39 is 0 Å². The smallest absolute Gasteiger partial charge is 0.224 e. The average molecular weight is 260 g/mol. The van der Waals surface area contributed by atoms with Gasteiger partial charge in [0.1, 0.15) is 0 Å². The summed E-state index contributed by atoms with van der Waals surface area (Å²) in [6.45, 7) is 4.85. The Morgan fingerprint density at radius 3 is 2.47 bits per heavy atom. The highest BCUT2D eigenvalue weighted by atomic mass is 16.2. The van der Waals surface area contributed by atoms with Crippen LogP contribution < -0.4 is 5.73 Å². The number of nitrogens with two attached hydrogens (primary N) is 1. The lowest BCUT2D eigenvalue weighted by Gasteiger charge is -2.25. The van der Waals surface area contributed by atoms with Gasteiger partial charge in [-0.2, -0.15) is 0 Å². The second-order valence-corrected chi connectivity index (χ2v) is 5.85. The van der Waals surface area contributed by atoms with E-state index >= 15 is 0 Å². The zero-order chi connectivity index (χ0) is 13.8. The Hall–Kier alpha value is -1.35. The molecule has 1 unspecified atom stereocenters. The first-order valence-electron chi connectivity index (χ1n) is 7.17. The second kappa shape index (κ2) is 6.20. The van der Waals surface area contributed by atoms with Gasteiger partial charge in [0.25, 0.3) is 0 Å². The molecule has 2 rings (SSSR count). The predicted molar refractivity (Wildman–Crippen MR) is 77.4 cm³/mol. The number of nitrogens with zero attached hydrogens (tertiary/aromatic N) is 1. The first-order valence-corrected chi connectivity index (χ1v) is 7.17. The molecule has 19 heavy (non-hydrogen) atoms. The maximum absolute atomic E-state index is 12.4. The van der Waals surface area contributed by atoms with Crippen molar-refractivity contribution in [1.29, 1.82) is 0 Å². The lowest BCUT2D eigenvalue weighted by molar-refractivity contribution is -0.133. The number of hydrogen-bond acceptors (Lipinski definition) is 2. The first-order chi connectivity index (χ1) is 9.08. The third-order valence-corrected chi connectivity index (χ3v) is 3.77. The fourth-order valence-electron chi connectivity index (χ4n) is 2.14. The summed E-state index contributed by atoms with van der Waals surface area (Å²) in [7, 11) is 0. The molecule has 3 heteroatoms. The zero-order valence-electron chi connectivity index (χ0n) is 11.9. The second-order valence-electron chi connectivity index (χ2n) is 5.85. The highest BCUT2D eigenvalue weighted by Crippen LogP contribution is 2.29. The largest absolute Gasteiger partial charge is 0.335 e. The van der Waals surface area contributed by atoms with Crippen LogP contribution in [0, 0.1) is 5.92 Å². The summed E-state index contributed by atoms with van der Waals surface area (Å²) in [6.07, 6.45) is 2.73. The Labute approximate surface area is 115 Å². The SMILES string of the molecule is CC(C)C(N)CC(=O)N(Cc1ccccc1)C1CC1. The number of hydrogen-bond donors (Lipinski definition) is 1. The Kier molecular flexibility index (Phi) is 4.59. The van der Waals surface area contributed by atoms with Crippen LogP contribution in [0.4, 0.5) is 0 Å². The Morgan fingerprint density at radius 2 is 1.95 bits per heavy atom. The molecule has 0 radical (unpaired) electrons. The van der Waals surface area contributed by atoms with Gasteiger partial charge < -0.3 is 10.6 Å². The van der Waals surface area contributed by atoms with Crippen LogP contribution in [0.3, 0.4) is 0 Å². The molecule has 1 amide bonds. The molecule has 1 atom stereocenters. The lowest BCUT2D eigenvalue weighted by Crippen LogP contribution is -2.38. The van der Waals surface area contributed by atoms with Crippen LogP contribution >= 0.6 is 0 Å². The van der Waals surface area contributed by atoms with Gasteiger partial charge in [0.2, 0.25) is 5.91 Å². The molecule has 2 N–H and O–H groups in total. The van der Waals surface area contributed by atoms with Crippen molar-refractivity contribution in [1.82, 2.24) is 4.90 Å². The predicted octanol–water partition coefficient (Wildman–Crippen LogP) is 2.55. The number of amides is 1. The molecule has 0 heterocycles. The minimum absolute atomic E-state index is 0.0375. The summed E-state index contributed by atoms with van der Waals surface area (Å²) >= 11 is 0. The third-order valence-electron chi connectivity index (χ3n) is 3.77. The van der Waals surface area contributed by atoms with E-state index in [-0.39, 0.29) is 11.9 Å². The average Bonchev–Trinajstić information content (AvgIpc) is 3.21. The summed E-state index contributed by atoms with van der Waals surface area (Å²) in [4.78, 5) is 14.4. The van der Waals surface area contributed by atoms with Crippen molar-refractivity contribution in [3.05, 3.63) is 35.9 Å². The van der Waals surface area contributed by atoms with Crippen LogP contribution in [0.25, 0.3) is 0 Å². The van der Waals surface area contributed by atoms with E-state index in [0.29, 0.717) is 18.4 Å². The lowest BCUT2D eigenvalue weighted by atomic mass is 10.0. The number of carbonyl (C=O) groups excluding carboxylic acids is 1. The van der Waals surface area contributed by atoms with Crippen molar-refractivity contribution in [2.45, 2.75) is 51.7 Å². The van der Waals surface area contributed by atoms with Crippen molar-refractivity contribution in [3.8, 4) is 0 Å². The maximum Gasteiger partial charge on any atom is 0.224 e. The van der Waals surface area contributed by atoms with Gasteiger partial charge in [-0.05, 0) is 24.3 Å². The molecule has 1 saturated carbocycles. The molecule has 1 aromatic rings. The molecule has 3 nitrogen and oxygen atoms in total. The van der Waals surface area contributed by atoms with Crippen LogP contribution in [0.1, 0.15) is 38.7 Å². The van der Waals surface area contributed by atoms with Crippen LogP contribution in [-0.4, -0.2) is 22.9 Å². The summed E-state index contributed by atoms with van der Waals surface area (Å²) in [5.41, 5.74) is 7.22. The molecule has 104 valence electrons. The Balaban J connectivity index is 1.98. The van der Waals surface area contributed by atoms with Crippen LogP contribution in [-0.2, 0) is 11.3 Å². The van der Waals surface area contributed by atoms with Crippen LogP contribution in [0.15, 0.2) is 30.3 Å². The highest BCUT2D eigenvalue weighted by molar-refractivity contribution is 5.77. The summed E-state index contributed by atoms with van der Waals surface area (Å²) in [6, 6.07) is 10.6. The molecule has 1 fully saturated rings. The van der Waals surface area contributed by atoms with Crippen molar-refractivity contribution >= 4 is 5.91 Å². The van der Waals surface area contributed by atoms with Crippen molar-refractivity contribution in [2.24, 2.45) is 11.7 Å². The Morgan fingerprint density at radius 1 is 1.32 bits per heavy atom.